The summed E-state index contributed by atoms with van der Waals surface area (Å²) in [4.78, 5) is 0. The van der Waals surface area contributed by atoms with Gasteiger partial charge in [-0.25, -0.2) is 0 Å². The highest BCUT2D eigenvalue weighted by Gasteiger charge is 2.12. The summed E-state index contributed by atoms with van der Waals surface area (Å²) < 4.78 is 0. The van der Waals surface area contributed by atoms with Crippen molar-refractivity contribution in [1.29, 1.82) is 0 Å². The zero-order valence-corrected chi connectivity index (χ0v) is 10.3. The van der Waals surface area contributed by atoms with Gasteiger partial charge in [-0.2, -0.15) is 0 Å². The highest BCUT2D eigenvalue weighted by atomic mass is 14.2. The van der Waals surface area contributed by atoms with Gasteiger partial charge in [0.2, 0.25) is 0 Å². The number of rotatable bonds is 4. The molecule has 0 aromatic rings. The molecule has 0 aliphatic heterocycles. The Balaban J connectivity index is 4.48. The van der Waals surface area contributed by atoms with E-state index in [9.17, 15) is 0 Å². The summed E-state index contributed by atoms with van der Waals surface area (Å²) in [7, 11) is 0. The second-order valence-electron chi connectivity index (χ2n) is 4.85. The van der Waals surface area contributed by atoms with Gasteiger partial charge < -0.3 is 0 Å². The van der Waals surface area contributed by atoms with Crippen molar-refractivity contribution >= 4 is 0 Å². The second-order valence-corrected chi connectivity index (χ2v) is 4.85. The number of allylic oxidation sites excluding steroid dienone is 5. The summed E-state index contributed by atoms with van der Waals surface area (Å²) >= 11 is 0. The van der Waals surface area contributed by atoms with E-state index in [4.69, 9.17) is 0 Å². The molecule has 0 bridgehead atoms. The van der Waals surface area contributed by atoms with Gasteiger partial charge >= 0.3 is 0 Å². The van der Waals surface area contributed by atoms with Crippen LogP contribution in [0.5, 0.6) is 0 Å². The normalized spacial score (nSPS) is 15.9. The molecule has 1 atom stereocenters. The summed E-state index contributed by atoms with van der Waals surface area (Å²) in [5, 5.41) is 0. The van der Waals surface area contributed by atoms with E-state index in [0.29, 0.717) is 5.92 Å². The van der Waals surface area contributed by atoms with Crippen LogP contribution in [-0.4, -0.2) is 0 Å². The maximum atomic E-state index is 3.84. The van der Waals surface area contributed by atoms with E-state index >= 15 is 0 Å². The molecule has 0 heteroatoms. The van der Waals surface area contributed by atoms with E-state index in [0.717, 1.165) is 0 Å². The SMILES string of the molecule is C=C/C(=C\C=C\C(C)CC)C(C)(C)C. The first kappa shape index (κ1) is 13.2. The molecular weight excluding hydrogens is 168 g/mol. The van der Waals surface area contributed by atoms with Crippen LogP contribution in [0.1, 0.15) is 41.0 Å². The Morgan fingerprint density at radius 1 is 1.36 bits per heavy atom. The largest absolute Gasteiger partial charge is 0.0988 e. The Morgan fingerprint density at radius 3 is 2.29 bits per heavy atom. The molecule has 0 aliphatic rings. The molecular formula is C14H24. The van der Waals surface area contributed by atoms with Crippen LogP contribution in [0.4, 0.5) is 0 Å². The Bertz CT molecular complexity index is 223. The van der Waals surface area contributed by atoms with E-state index in [1.807, 2.05) is 6.08 Å². The first-order valence-corrected chi connectivity index (χ1v) is 5.43. The first-order valence-electron chi connectivity index (χ1n) is 5.43. The lowest BCUT2D eigenvalue weighted by Crippen LogP contribution is -2.06. The maximum absolute atomic E-state index is 3.84. The van der Waals surface area contributed by atoms with Crippen LogP contribution >= 0.6 is 0 Å². The highest BCUT2D eigenvalue weighted by molar-refractivity contribution is 5.27. The van der Waals surface area contributed by atoms with Gasteiger partial charge in [0.05, 0.1) is 0 Å². The summed E-state index contributed by atoms with van der Waals surface area (Å²) in [5.74, 6) is 0.664. The molecule has 0 saturated heterocycles. The monoisotopic (exact) mass is 192 g/mol. The highest BCUT2D eigenvalue weighted by Crippen LogP contribution is 2.25. The predicted molar refractivity (Wildman–Crippen MR) is 66.3 cm³/mol. The molecule has 0 nitrogen and oxygen atoms in total. The summed E-state index contributed by atoms with van der Waals surface area (Å²) in [5.41, 5.74) is 1.48. The Morgan fingerprint density at radius 2 is 1.93 bits per heavy atom. The van der Waals surface area contributed by atoms with Crippen LogP contribution in [0, 0.1) is 11.3 Å². The number of hydrogen-bond acceptors (Lipinski definition) is 0. The molecule has 0 N–H and O–H groups in total. The zero-order chi connectivity index (χ0) is 11.2. The minimum Gasteiger partial charge on any atom is -0.0988 e. The molecule has 0 fully saturated rings. The average Bonchev–Trinajstić information content (AvgIpc) is 2.09. The van der Waals surface area contributed by atoms with Crippen molar-refractivity contribution in [2.75, 3.05) is 0 Å². The van der Waals surface area contributed by atoms with Crippen molar-refractivity contribution in [3.05, 3.63) is 36.5 Å². The van der Waals surface area contributed by atoms with Gasteiger partial charge in [0.15, 0.2) is 0 Å². The minimum atomic E-state index is 0.196. The fourth-order valence-corrected chi connectivity index (χ4v) is 1.11. The van der Waals surface area contributed by atoms with Crippen LogP contribution in [0.2, 0.25) is 0 Å². The summed E-state index contributed by atoms with van der Waals surface area (Å²) in [6.45, 7) is 14.9. The first-order chi connectivity index (χ1) is 6.41. The van der Waals surface area contributed by atoms with E-state index in [1.54, 1.807) is 0 Å². The van der Waals surface area contributed by atoms with Crippen LogP contribution < -0.4 is 0 Å². The Labute approximate surface area is 89.4 Å². The molecule has 14 heavy (non-hydrogen) atoms. The summed E-state index contributed by atoms with van der Waals surface area (Å²) in [6, 6.07) is 0. The van der Waals surface area contributed by atoms with Gasteiger partial charge in [-0.15, -0.1) is 0 Å². The lowest BCUT2D eigenvalue weighted by molar-refractivity contribution is 0.517. The zero-order valence-electron chi connectivity index (χ0n) is 10.3. The maximum Gasteiger partial charge on any atom is -0.0132 e. The van der Waals surface area contributed by atoms with Crippen molar-refractivity contribution in [2.45, 2.75) is 41.0 Å². The Kier molecular flexibility index (Phi) is 5.52. The molecule has 0 radical (unpaired) electrons. The molecule has 80 valence electrons. The lowest BCUT2D eigenvalue weighted by atomic mass is 9.86. The molecule has 0 rings (SSSR count). The van der Waals surface area contributed by atoms with Crippen molar-refractivity contribution in [1.82, 2.24) is 0 Å². The smallest absolute Gasteiger partial charge is 0.0132 e. The van der Waals surface area contributed by atoms with Crippen molar-refractivity contribution < 1.29 is 0 Å². The topological polar surface area (TPSA) is 0 Å². The van der Waals surface area contributed by atoms with Gasteiger partial charge in [0.1, 0.15) is 0 Å². The fraction of sp³-hybridized carbons (Fsp3) is 0.571. The Hall–Kier alpha value is -0.780. The molecule has 1 unspecified atom stereocenters. The average molecular weight is 192 g/mol. The van der Waals surface area contributed by atoms with Crippen molar-refractivity contribution in [3.63, 3.8) is 0 Å². The third-order valence-electron chi connectivity index (χ3n) is 2.45. The quantitative estimate of drug-likeness (QED) is 0.564. The second kappa shape index (κ2) is 5.85. The van der Waals surface area contributed by atoms with Crippen LogP contribution in [0.25, 0.3) is 0 Å². The standard InChI is InChI=1S/C14H24/c1-7-12(3)10-9-11-13(8-2)14(4,5)6/h8-12H,2,7H2,1,3-6H3/b10-9+,13-11+. The van der Waals surface area contributed by atoms with Gasteiger partial charge in [0.25, 0.3) is 0 Å². The number of hydrogen-bond donors (Lipinski definition) is 0. The molecule has 0 aliphatic carbocycles. The van der Waals surface area contributed by atoms with Crippen LogP contribution in [0.3, 0.4) is 0 Å². The van der Waals surface area contributed by atoms with Crippen LogP contribution in [0.15, 0.2) is 36.5 Å². The van der Waals surface area contributed by atoms with E-state index < -0.39 is 0 Å². The molecule has 0 amide bonds. The van der Waals surface area contributed by atoms with Gasteiger partial charge in [0, 0.05) is 0 Å². The van der Waals surface area contributed by atoms with Gasteiger partial charge in [-0.05, 0) is 16.9 Å². The molecule has 0 spiro atoms. The van der Waals surface area contributed by atoms with E-state index in [1.165, 1.54) is 12.0 Å². The molecule has 0 aromatic heterocycles. The fourth-order valence-electron chi connectivity index (χ4n) is 1.11. The minimum absolute atomic E-state index is 0.196. The third-order valence-corrected chi connectivity index (χ3v) is 2.45. The molecule has 0 aromatic carbocycles. The van der Waals surface area contributed by atoms with Crippen molar-refractivity contribution in [2.24, 2.45) is 11.3 Å². The predicted octanol–water partition coefficient (Wildman–Crippen LogP) is 4.75. The van der Waals surface area contributed by atoms with Gasteiger partial charge in [-0.1, -0.05) is 71.9 Å². The van der Waals surface area contributed by atoms with Crippen molar-refractivity contribution in [3.8, 4) is 0 Å². The van der Waals surface area contributed by atoms with Gasteiger partial charge in [-0.3, -0.25) is 0 Å². The molecule has 0 saturated carbocycles. The summed E-state index contributed by atoms with van der Waals surface area (Å²) in [6.07, 6.45) is 9.70. The van der Waals surface area contributed by atoms with E-state index in [2.05, 4.69) is 59.4 Å². The van der Waals surface area contributed by atoms with E-state index in [-0.39, 0.29) is 5.41 Å². The lowest BCUT2D eigenvalue weighted by Gasteiger charge is -2.19. The molecule has 0 heterocycles. The van der Waals surface area contributed by atoms with Crippen LogP contribution in [-0.2, 0) is 0 Å². The third kappa shape index (κ3) is 5.06.